The SMILES string of the molecule is C.C.C.C.COc1ccc2c(c1)[C@@]1(C)CCCCC[C@@H](C2)[C@@H]1N.COc1ccc2c(c1)[C@@]1(C)CCCCC[C@@H](C2)[C@@H]1N1CCCC1. The van der Waals surface area contributed by atoms with Gasteiger partial charge in [-0.3, -0.25) is 4.90 Å². The van der Waals surface area contributed by atoms with Gasteiger partial charge in [0.2, 0.25) is 0 Å². The molecule has 2 aromatic rings. The smallest absolute Gasteiger partial charge is 0.119 e. The standard InChI is InChI=1S/C21H31NO.C17H25NO.4CH4/c1-21-11-5-3-4-8-17(20(21)22-12-6-7-13-22)14-16-9-10-18(23-2)15-19(16)21;1-17-9-5-3-4-6-13(16(17)18)10-12-7-8-14(19-2)11-15(12)17;;;;/h9-10,15,17,20H,3-8,11-14H2,1-2H3;7-8,11,13,16H,3-6,9-10,18H2,1-2H3;4*1H4/t17-,20-,21+;13-,16-,17+;;;;/m00..../s1. The molecule has 7 rings (SSSR count). The van der Waals surface area contributed by atoms with E-state index in [4.69, 9.17) is 15.2 Å². The van der Waals surface area contributed by atoms with Crippen LogP contribution in [0.4, 0.5) is 0 Å². The third-order valence-corrected chi connectivity index (χ3v) is 12.2. The fourth-order valence-electron chi connectivity index (χ4n) is 9.96. The fourth-order valence-corrected chi connectivity index (χ4v) is 9.96. The van der Waals surface area contributed by atoms with Crippen LogP contribution in [0.1, 0.15) is 143 Å². The lowest BCUT2D eigenvalue weighted by Gasteiger charge is -2.52. The van der Waals surface area contributed by atoms with E-state index in [1.165, 1.54) is 108 Å². The summed E-state index contributed by atoms with van der Waals surface area (Å²) in [6.45, 7) is 7.56. The maximum atomic E-state index is 6.65. The molecule has 4 nitrogen and oxygen atoms in total. The average Bonchev–Trinajstić information content (AvgIpc) is 3.53. The Hall–Kier alpha value is -2.04. The van der Waals surface area contributed by atoms with E-state index in [9.17, 15) is 0 Å². The second-order valence-corrected chi connectivity index (χ2v) is 14.7. The first-order chi connectivity index (χ1) is 20.4. The number of hydrogen-bond acceptors (Lipinski definition) is 4. The van der Waals surface area contributed by atoms with Crippen molar-refractivity contribution in [2.75, 3.05) is 27.3 Å². The van der Waals surface area contributed by atoms with Crippen LogP contribution in [0, 0.1) is 11.8 Å². The molecule has 2 N–H and O–H groups in total. The lowest BCUT2D eigenvalue weighted by Crippen LogP contribution is -2.56. The van der Waals surface area contributed by atoms with Gasteiger partial charge in [0.25, 0.3) is 0 Å². The molecule has 4 heteroatoms. The minimum atomic E-state index is 0. The summed E-state index contributed by atoms with van der Waals surface area (Å²) in [5, 5.41) is 0. The van der Waals surface area contributed by atoms with Crippen LogP contribution in [0.25, 0.3) is 0 Å². The number of nitrogens with zero attached hydrogens (tertiary/aromatic N) is 1. The summed E-state index contributed by atoms with van der Waals surface area (Å²) in [7, 11) is 3.54. The fraction of sp³-hybridized carbons (Fsp3) is 0.714. The number of nitrogens with two attached hydrogens (primary N) is 1. The van der Waals surface area contributed by atoms with Gasteiger partial charge in [-0.25, -0.2) is 0 Å². The van der Waals surface area contributed by atoms with E-state index in [-0.39, 0.29) is 35.1 Å². The molecule has 4 bridgehead atoms. The molecule has 1 saturated heterocycles. The lowest BCUT2D eigenvalue weighted by molar-refractivity contribution is 0.0628. The van der Waals surface area contributed by atoms with Gasteiger partial charge in [0.1, 0.15) is 11.5 Å². The number of ether oxygens (including phenoxy) is 2. The van der Waals surface area contributed by atoms with E-state index in [0.717, 1.165) is 29.9 Å². The van der Waals surface area contributed by atoms with E-state index in [0.29, 0.717) is 17.4 Å². The van der Waals surface area contributed by atoms with Gasteiger partial charge in [-0.05, 0) is 123 Å². The Bertz CT molecular complexity index is 1220. The summed E-state index contributed by atoms with van der Waals surface area (Å²) >= 11 is 0. The van der Waals surface area contributed by atoms with E-state index in [1.807, 2.05) is 0 Å². The van der Waals surface area contributed by atoms with Gasteiger partial charge >= 0.3 is 0 Å². The van der Waals surface area contributed by atoms with Crippen molar-refractivity contribution in [1.82, 2.24) is 4.90 Å². The maximum absolute atomic E-state index is 6.65. The molecule has 2 saturated carbocycles. The van der Waals surface area contributed by atoms with Gasteiger partial charge in [0.05, 0.1) is 14.2 Å². The molecule has 6 atom stereocenters. The van der Waals surface area contributed by atoms with Crippen molar-refractivity contribution in [2.45, 2.75) is 156 Å². The van der Waals surface area contributed by atoms with E-state index >= 15 is 0 Å². The van der Waals surface area contributed by atoms with Gasteiger partial charge in [0, 0.05) is 22.9 Å². The molecule has 1 heterocycles. The molecule has 0 amide bonds. The largest absolute Gasteiger partial charge is 0.497 e. The van der Waals surface area contributed by atoms with Gasteiger partial charge in [-0.15, -0.1) is 0 Å². The summed E-state index contributed by atoms with van der Waals surface area (Å²) < 4.78 is 11.0. The average molecular weight is 637 g/mol. The second-order valence-electron chi connectivity index (χ2n) is 14.7. The zero-order valence-electron chi connectivity index (χ0n) is 26.9. The maximum Gasteiger partial charge on any atom is 0.119 e. The molecule has 0 aromatic heterocycles. The predicted molar refractivity (Wildman–Crippen MR) is 201 cm³/mol. The highest BCUT2D eigenvalue weighted by Gasteiger charge is 2.49. The summed E-state index contributed by atoms with van der Waals surface area (Å²) in [5.41, 5.74) is 13.2. The Kier molecular flexibility index (Phi) is 14.7. The molecular formula is C42H72N2O2. The number of hydrogen-bond donors (Lipinski definition) is 1. The highest BCUT2D eigenvalue weighted by Crippen LogP contribution is 2.50. The number of methoxy groups -OCH3 is 2. The van der Waals surface area contributed by atoms with Crippen LogP contribution < -0.4 is 15.2 Å². The zero-order chi connectivity index (χ0) is 29.3. The molecule has 46 heavy (non-hydrogen) atoms. The Labute approximate surface area is 285 Å². The quantitative estimate of drug-likeness (QED) is 0.364. The van der Waals surface area contributed by atoms with Crippen molar-refractivity contribution in [2.24, 2.45) is 17.6 Å². The van der Waals surface area contributed by atoms with Crippen molar-refractivity contribution in [3.05, 3.63) is 58.7 Å². The van der Waals surface area contributed by atoms with Crippen LogP contribution in [0.3, 0.4) is 0 Å². The van der Waals surface area contributed by atoms with Crippen molar-refractivity contribution in [3.8, 4) is 11.5 Å². The monoisotopic (exact) mass is 637 g/mol. The van der Waals surface area contributed by atoms with Crippen molar-refractivity contribution >= 4 is 0 Å². The van der Waals surface area contributed by atoms with Crippen LogP contribution in [-0.4, -0.2) is 44.3 Å². The third-order valence-electron chi connectivity index (χ3n) is 12.2. The Morgan fingerprint density at radius 1 is 0.630 bits per heavy atom. The van der Waals surface area contributed by atoms with Crippen LogP contribution >= 0.6 is 0 Å². The number of likely N-dealkylation sites (tertiary alicyclic amines) is 1. The summed E-state index contributed by atoms with van der Waals surface area (Å²) in [4.78, 5) is 2.85. The van der Waals surface area contributed by atoms with Gasteiger partial charge < -0.3 is 15.2 Å². The molecule has 262 valence electrons. The van der Waals surface area contributed by atoms with Crippen molar-refractivity contribution < 1.29 is 9.47 Å². The first-order valence-electron chi connectivity index (χ1n) is 17.2. The predicted octanol–water partition coefficient (Wildman–Crippen LogP) is 10.5. The van der Waals surface area contributed by atoms with Crippen LogP contribution in [0.5, 0.6) is 11.5 Å². The molecule has 4 aliphatic carbocycles. The van der Waals surface area contributed by atoms with Gasteiger partial charge in [-0.1, -0.05) is 94.2 Å². The minimum Gasteiger partial charge on any atom is -0.497 e. The molecule has 5 aliphatic rings. The Morgan fingerprint density at radius 2 is 1.11 bits per heavy atom. The van der Waals surface area contributed by atoms with Crippen molar-refractivity contribution in [3.63, 3.8) is 0 Å². The number of rotatable bonds is 3. The highest BCUT2D eigenvalue weighted by molar-refractivity contribution is 5.45. The molecule has 0 radical (unpaired) electrons. The molecule has 2 aromatic carbocycles. The molecule has 0 spiro atoms. The highest BCUT2D eigenvalue weighted by atomic mass is 16.5. The third kappa shape index (κ3) is 7.49. The Balaban J connectivity index is 0.000000299. The molecule has 0 unspecified atom stereocenters. The van der Waals surface area contributed by atoms with Crippen LogP contribution in [-0.2, 0) is 23.7 Å². The van der Waals surface area contributed by atoms with E-state index < -0.39 is 0 Å². The van der Waals surface area contributed by atoms with E-state index in [1.54, 1.807) is 25.3 Å². The normalized spacial score (nSPS) is 31.3. The molecular weight excluding hydrogens is 564 g/mol. The lowest BCUT2D eigenvalue weighted by atomic mass is 9.59. The van der Waals surface area contributed by atoms with Crippen LogP contribution in [0.2, 0.25) is 0 Å². The number of fused-ring (bicyclic) bond motifs is 8. The first kappa shape index (κ1) is 40.1. The van der Waals surface area contributed by atoms with E-state index in [2.05, 4.69) is 55.1 Å². The minimum absolute atomic E-state index is 0. The Morgan fingerprint density at radius 3 is 1.65 bits per heavy atom. The first-order valence-corrected chi connectivity index (χ1v) is 17.2. The zero-order valence-corrected chi connectivity index (χ0v) is 26.9. The summed E-state index contributed by atoms with van der Waals surface area (Å²) in [6.07, 6.45) is 18.7. The van der Waals surface area contributed by atoms with Crippen molar-refractivity contribution in [1.29, 1.82) is 0 Å². The second kappa shape index (κ2) is 16.9. The molecule has 3 fully saturated rings. The summed E-state index contributed by atoms with van der Waals surface area (Å²) in [5.74, 6) is 3.50. The molecule has 1 aliphatic heterocycles. The van der Waals surface area contributed by atoms with Gasteiger partial charge in [0.15, 0.2) is 0 Å². The topological polar surface area (TPSA) is 47.7 Å². The summed E-state index contributed by atoms with van der Waals surface area (Å²) in [6, 6.07) is 14.5. The van der Waals surface area contributed by atoms with Gasteiger partial charge in [-0.2, -0.15) is 0 Å². The van der Waals surface area contributed by atoms with Crippen LogP contribution in [0.15, 0.2) is 36.4 Å². The number of benzene rings is 2.